The molecule has 1 fully saturated rings. The first kappa shape index (κ1) is 12.4. The second-order valence-electron chi connectivity index (χ2n) is 4.53. The van der Waals surface area contributed by atoms with Crippen molar-refractivity contribution in [3.63, 3.8) is 0 Å². The highest BCUT2D eigenvalue weighted by molar-refractivity contribution is 8.00. The van der Waals surface area contributed by atoms with E-state index in [0.29, 0.717) is 6.54 Å². The Labute approximate surface area is 105 Å². The second-order valence-corrected chi connectivity index (χ2v) is 5.80. The minimum absolute atomic E-state index is 0.127. The van der Waals surface area contributed by atoms with Crippen LogP contribution in [0.15, 0.2) is 12.4 Å². The summed E-state index contributed by atoms with van der Waals surface area (Å²) in [5, 5.41) is 6.93. The van der Waals surface area contributed by atoms with Crippen LogP contribution in [-0.2, 0) is 11.8 Å². The van der Waals surface area contributed by atoms with E-state index in [1.165, 1.54) is 12.8 Å². The van der Waals surface area contributed by atoms with Crippen LogP contribution in [0, 0.1) is 0 Å². The number of nitrogens with one attached hydrogen (secondary N) is 1. The molecule has 5 nitrogen and oxygen atoms in total. The molecule has 1 aliphatic rings. The number of carbonyl (C=O) groups excluding carboxylic acids is 1. The van der Waals surface area contributed by atoms with E-state index < -0.39 is 6.04 Å². The van der Waals surface area contributed by atoms with Crippen LogP contribution >= 0.6 is 11.8 Å². The molecule has 1 aromatic rings. The van der Waals surface area contributed by atoms with Gasteiger partial charge in [-0.05, 0) is 19.1 Å². The van der Waals surface area contributed by atoms with Gasteiger partial charge in [0, 0.05) is 30.1 Å². The molecule has 0 aliphatic heterocycles. The van der Waals surface area contributed by atoms with Gasteiger partial charge < -0.3 is 11.1 Å². The summed E-state index contributed by atoms with van der Waals surface area (Å²) in [6, 6.07) is -0.624. The van der Waals surface area contributed by atoms with Crippen molar-refractivity contribution in [1.29, 1.82) is 0 Å². The van der Waals surface area contributed by atoms with Crippen molar-refractivity contribution < 1.29 is 4.79 Å². The topological polar surface area (TPSA) is 72.9 Å². The largest absolute Gasteiger partial charge is 0.353 e. The molecule has 1 unspecified atom stereocenters. The molecular weight excluding hydrogens is 236 g/mol. The third-order valence-electron chi connectivity index (χ3n) is 3.19. The molecular formula is C11H18N4OS. The molecule has 1 aliphatic carbocycles. The average molecular weight is 254 g/mol. The summed E-state index contributed by atoms with van der Waals surface area (Å²) in [6.07, 6.45) is 7.84. The summed E-state index contributed by atoms with van der Waals surface area (Å²) in [4.78, 5) is 11.9. The molecule has 2 rings (SSSR count). The van der Waals surface area contributed by atoms with Crippen molar-refractivity contribution in [2.75, 3.05) is 12.8 Å². The van der Waals surface area contributed by atoms with Gasteiger partial charge in [-0.15, -0.1) is 0 Å². The Morgan fingerprint density at radius 1 is 1.76 bits per heavy atom. The zero-order chi connectivity index (χ0) is 12.5. The molecule has 0 saturated heterocycles. The van der Waals surface area contributed by atoms with E-state index in [1.54, 1.807) is 24.1 Å². The number of nitrogens with zero attached hydrogens (tertiary/aromatic N) is 2. The lowest BCUT2D eigenvalue weighted by Gasteiger charge is -2.15. The maximum Gasteiger partial charge on any atom is 0.241 e. The summed E-state index contributed by atoms with van der Waals surface area (Å²) >= 11 is 1.82. The molecule has 0 bridgehead atoms. The fraction of sp³-hybridized carbons (Fsp3) is 0.636. The molecule has 17 heavy (non-hydrogen) atoms. The average Bonchev–Trinajstić information content (AvgIpc) is 3.00. The van der Waals surface area contributed by atoms with E-state index in [0.717, 1.165) is 5.56 Å². The first-order valence-corrected chi connectivity index (χ1v) is 6.86. The number of aromatic nitrogens is 2. The van der Waals surface area contributed by atoms with E-state index in [9.17, 15) is 4.79 Å². The number of rotatable bonds is 5. The Bertz CT molecular complexity index is 413. The minimum atomic E-state index is -0.624. The Hall–Kier alpha value is -1.01. The number of thioether (sulfide) groups is 1. The van der Waals surface area contributed by atoms with Gasteiger partial charge in [0.25, 0.3) is 0 Å². The van der Waals surface area contributed by atoms with Crippen molar-refractivity contribution >= 4 is 17.7 Å². The molecule has 1 aromatic heterocycles. The van der Waals surface area contributed by atoms with Gasteiger partial charge in [0.15, 0.2) is 0 Å². The second kappa shape index (κ2) is 4.70. The van der Waals surface area contributed by atoms with E-state index >= 15 is 0 Å². The molecule has 1 amide bonds. The molecule has 0 radical (unpaired) electrons. The van der Waals surface area contributed by atoms with Gasteiger partial charge >= 0.3 is 0 Å². The lowest BCUT2D eigenvalue weighted by molar-refractivity contribution is -0.122. The van der Waals surface area contributed by atoms with Crippen LogP contribution in [-0.4, -0.2) is 33.2 Å². The zero-order valence-corrected chi connectivity index (χ0v) is 11.0. The predicted octanol–water partition coefficient (Wildman–Crippen LogP) is 0.432. The van der Waals surface area contributed by atoms with Crippen molar-refractivity contribution in [2.24, 2.45) is 12.8 Å². The molecule has 1 saturated carbocycles. The first-order valence-electron chi connectivity index (χ1n) is 5.63. The van der Waals surface area contributed by atoms with Crippen LogP contribution in [0.2, 0.25) is 0 Å². The molecule has 94 valence electrons. The molecule has 0 spiro atoms. The van der Waals surface area contributed by atoms with Crippen LogP contribution in [0.1, 0.15) is 24.4 Å². The monoisotopic (exact) mass is 254 g/mol. The molecule has 0 aromatic carbocycles. The van der Waals surface area contributed by atoms with Gasteiger partial charge in [0.2, 0.25) is 5.91 Å². The zero-order valence-electron chi connectivity index (χ0n) is 10.1. The number of carbonyl (C=O) groups is 1. The number of hydrogen-bond acceptors (Lipinski definition) is 4. The Balaban J connectivity index is 1.87. The van der Waals surface area contributed by atoms with Gasteiger partial charge in [0.05, 0.1) is 6.20 Å². The van der Waals surface area contributed by atoms with Gasteiger partial charge in [0.1, 0.15) is 6.04 Å². The number of aryl methyl sites for hydroxylation is 1. The summed E-state index contributed by atoms with van der Waals surface area (Å²) in [7, 11) is 1.81. The van der Waals surface area contributed by atoms with Crippen LogP contribution in [0.5, 0.6) is 0 Å². The maximum absolute atomic E-state index is 11.9. The van der Waals surface area contributed by atoms with Gasteiger partial charge in [-0.1, -0.05) is 0 Å². The van der Waals surface area contributed by atoms with E-state index in [1.807, 2.05) is 11.8 Å². The molecule has 6 heteroatoms. The standard InChI is InChI=1S/C11H18N4OS/c1-15-6-8(5-14-15)9(12)10(16)13-7-11(17-2)3-4-11/h5-6,9H,3-4,7,12H2,1-2H3,(H,13,16). The number of hydrogen-bond donors (Lipinski definition) is 2. The van der Waals surface area contributed by atoms with Gasteiger partial charge in [-0.3, -0.25) is 9.48 Å². The van der Waals surface area contributed by atoms with E-state index in [4.69, 9.17) is 5.73 Å². The van der Waals surface area contributed by atoms with Crippen LogP contribution < -0.4 is 11.1 Å². The van der Waals surface area contributed by atoms with Crippen molar-refractivity contribution in [1.82, 2.24) is 15.1 Å². The molecule has 1 heterocycles. The highest BCUT2D eigenvalue weighted by Gasteiger charge is 2.42. The SMILES string of the molecule is CSC1(CNC(=O)C(N)c2cnn(C)c2)CC1. The lowest BCUT2D eigenvalue weighted by Crippen LogP contribution is -2.38. The Kier molecular flexibility index (Phi) is 3.44. The summed E-state index contributed by atoms with van der Waals surface area (Å²) in [5.74, 6) is -0.127. The maximum atomic E-state index is 11.9. The fourth-order valence-electron chi connectivity index (χ4n) is 1.70. The highest BCUT2D eigenvalue weighted by Crippen LogP contribution is 2.46. The van der Waals surface area contributed by atoms with E-state index in [-0.39, 0.29) is 10.7 Å². The van der Waals surface area contributed by atoms with Crippen molar-refractivity contribution in [3.8, 4) is 0 Å². The molecule has 1 atom stereocenters. The van der Waals surface area contributed by atoms with Gasteiger partial charge in [-0.25, -0.2) is 0 Å². The summed E-state index contributed by atoms with van der Waals surface area (Å²) in [5.41, 5.74) is 6.62. The number of nitrogens with two attached hydrogens (primary N) is 1. The normalized spacial score (nSPS) is 18.8. The first-order chi connectivity index (χ1) is 8.06. The lowest BCUT2D eigenvalue weighted by atomic mass is 10.1. The quantitative estimate of drug-likeness (QED) is 0.799. The van der Waals surface area contributed by atoms with Crippen LogP contribution in [0.3, 0.4) is 0 Å². The van der Waals surface area contributed by atoms with E-state index in [2.05, 4.69) is 16.7 Å². The van der Waals surface area contributed by atoms with Gasteiger partial charge in [-0.2, -0.15) is 16.9 Å². The summed E-state index contributed by atoms with van der Waals surface area (Å²) < 4.78 is 1.91. The molecule has 3 N–H and O–H groups in total. The Morgan fingerprint density at radius 2 is 2.47 bits per heavy atom. The van der Waals surface area contributed by atoms with Crippen molar-refractivity contribution in [2.45, 2.75) is 23.6 Å². The van der Waals surface area contributed by atoms with Crippen LogP contribution in [0.4, 0.5) is 0 Å². The third kappa shape index (κ3) is 2.81. The Morgan fingerprint density at radius 3 is 2.94 bits per heavy atom. The van der Waals surface area contributed by atoms with Crippen molar-refractivity contribution in [3.05, 3.63) is 18.0 Å². The summed E-state index contributed by atoms with van der Waals surface area (Å²) in [6.45, 7) is 0.709. The fourth-order valence-corrected chi connectivity index (χ4v) is 2.43. The minimum Gasteiger partial charge on any atom is -0.353 e. The highest BCUT2D eigenvalue weighted by atomic mass is 32.2. The van der Waals surface area contributed by atoms with Crippen LogP contribution in [0.25, 0.3) is 0 Å². The number of amides is 1. The predicted molar refractivity (Wildman–Crippen MR) is 68.6 cm³/mol. The smallest absolute Gasteiger partial charge is 0.241 e. The third-order valence-corrected chi connectivity index (χ3v) is 4.61.